The second-order valence-electron chi connectivity index (χ2n) is 6.52. The summed E-state index contributed by atoms with van der Waals surface area (Å²) in [5.41, 5.74) is 1.89. The monoisotopic (exact) mass is 368 g/mol. The van der Waals surface area contributed by atoms with Crippen LogP contribution in [0, 0.1) is 0 Å². The van der Waals surface area contributed by atoms with Crippen molar-refractivity contribution in [2.45, 2.75) is 25.3 Å². The van der Waals surface area contributed by atoms with E-state index in [9.17, 15) is 9.59 Å². The van der Waals surface area contributed by atoms with Crippen LogP contribution >= 0.6 is 0 Å². The topological polar surface area (TPSA) is 67.9 Å². The van der Waals surface area contributed by atoms with Crippen LogP contribution in [0.1, 0.15) is 18.4 Å². The van der Waals surface area contributed by atoms with E-state index >= 15 is 0 Å². The van der Waals surface area contributed by atoms with E-state index in [4.69, 9.17) is 9.47 Å². The molecule has 0 spiro atoms. The predicted octanol–water partition coefficient (Wildman–Crippen LogP) is 2.56. The summed E-state index contributed by atoms with van der Waals surface area (Å²) in [7, 11) is 3.23. The maximum Gasteiger partial charge on any atom is 0.229 e. The number of carbonyl (C=O) groups is 2. The first-order valence-corrected chi connectivity index (χ1v) is 8.96. The van der Waals surface area contributed by atoms with Crippen LogP contribution in [-0.2, 0) is 16.0 Å². The maximum atomic E-state index is 12.3. The Morgan fingerprint density at radius 3 is 2.22 bits per heavy atom. The third kappa shape index (κ3) is 4.78. The van der Waals surface area contributed by atoms with Gasteiger partial charge >= 0.3 is 0 Å². The highest BCUT2D eigenvalue weighted by molar-refractivity contribution is 5.96. The van der Waals surface area contributed by atoms with E-state index in [1.807, 2.05) is 48.5 Å². The van der Waals surface area contributed by atoms with E-state index in [-0.39, 0.29) is 17.9 Å². The molecule has 1 fully saturated rings. The third-order valence-corrected chi connectivity index (χ3v) is 4.67. The number of nitrogens with zero attached hydrogens (tertiary/aromatic N) is 1. The zero-order valence-electron chi connectivity index (χ0n) is 15.6. The normalized spacial score (nSPS) is 16.3. The summed E-state index contributed by atoms with van der Waals surface area (Å²) in [5, 5.41) is 2.97. The summed E-state index contributed by atoms with van der Waals surface area (Å²) in [6.07, 6.45) is 1.36. The molecule has 1 aliphatic heterocycles. The van der Waals surface area contributed by atoms with Crippen molar-refractivity contribution in [1.29, 1.82) is 0 Å². The smallest absolute Gasteiger partial charge is 0.229 e. The number of methoxy groups -OCH3 is 2. The highest BCUT2D eigenvalue weighted by Crippen LogP contribution is 2.24. The fraction of sp³-hybridized carbons (Fsp3) is 0.333. The molecule has 0 radical (unpaired) electrons. The van der Waals surface area contributed by atoms with Gasteiger partial charge in [0.15, 0.2) is 0 Å². The van der Waals surface area contributed by atoms with Gasteiger partial charge in [-0.3, -0.25) is 9.59 Å². The van der Waals surface area contributed by atoms with Gasteiger partial charge in [-0.25, -0.2) is 0 Å². The Labute approximate surface area is 159 Å². The fourth-order valence-corrected chi connectivity index (χ4v) is 3.17. The van der Waals surface area contributed by atoms with E-state index in [0.717, 1.165) is 22.7 Å². The molecule has 27 heavy (non-hydrogen) atoms. The molecule has 2 aromatic rings. The van der Waals surface area contributed by atoms with E-state index in [1.54, 1.807) is 19.1 Å². The summed E-state index contributed by atoms with van der Waals surface area (Å²) in [4.78, 5) is 26.2. The van der Waals surface area contributed by atoms with E-state index < -0.39 is 0 Å². The molecule has 0 aromatic heterocycles. The average Bonchev–Trinajstić information content (AvgIpc) is 3.06. The molecule has 0 saturated carbocycles. The molecule has 2 aromatic carbocycles. The molecule has 1 saturated heterocycles. The molecule has 1 atom stereocenters. The van der Waals surface area contributed by atoms with Gasteiger partial charge in [0, 0.05) is 25.1 Å². The number of amides is 2. The standard InChI is InChI=1S/C21H24N2O4/c1-26-18-8-3-15(4-9-18)5-12-20(24)22-16-13-21(25)23(14-16)17-6-10-19(27-2)11-7-17/h3-4,6-11,16H,5,12-14H2,1-2H3,(H,22,24). The number of hydrogen-bond acceptors (Lipinski definition) is 4. The lowest BCUT2D eigenvalue weighted by Crippen LogP contribution is -2.37. The number of carbonyl (C=O) groups excluding carboxylic acids is 2. The Morgan fingerprint density at radius 1 is 1.04 bits per heavy atom. The SMILES string of the molecule is COc1ccc(CCC(=O)NC2CC(=O)N(c3ccc(OC)cc3)C2)cc1. The Bertz CT molecular complexity index is 787. The number of rotatable bonds is 7. The summed E-state index contributed by atoms with van der Waals surface area (Å²) in [5.74, 6) is 1.51. The van der Waals surface area contributed by atoms with Crippen molar-refractivity contribution in [2.75, 3.05) is 25.7 Å². The number of benzene rings is 2. The van der Waals surface area contributed by atoms with E-state index in [1.165, 1.54) is 0 Å². The molecule has 2 amide bonds. The van der Waals surface area contributed by atoms with Gasteiger partial charge in [-0.15, -0.1) is 0 Å². The molecule has 3 rings (SSSR count). The Kier molecular flexibility index (Phi) is 5.96. The van der Waals surface area contributed by atoms with Crippen LogP contribution in [0.2, 0.25) is 0 Å². The highest BCUT2D eigenvalue weighted by atomic mass is 16.5. The van der Waals surface area contributed by atoms with Crippen molar-refractivity contribution in [1.82, 2.24) is 5.32 Å². The third-order valence-electron chi connectivity index (χ3n) is 4.67. The zero-order chi connectivity index (χ0) is 19.2. The molecule has 0 bridgehead atoms. The molecular formula is C21H24N2O4. The van der Waals surface area contributed by atoms with Gasteiger partial charge in [-0.1, -0.05) is 12.1 Å². The summed E-state index contributed by atoms with van der Waals surface area (Å²) >= 11 is 0. The van der Waals surface area contributed by atoms with Gasteiger partial charge < -0.3 is 19.7 Å². The van der Waals surface area contributed by atoms with Crippen LogP contribution in [0.15, 0.2) is 48.5 Å². The van der Waals surface area contributed by atoms with Crippen molar-refractivity contribution in [3.8, 4) is 11.5 Å². The van der Waals surface area contributed by atoms with Crippen LogP contribution in [0.25, 0.3) is 0 Å². The van der Waals surface area contributed by atoms with Crippen molar-refractivity contribution in [2.24, 2.45) is 0 Å². The zero-order valence-corrected chi connectivity index (χ0v) is 15.6. The summed E-state index contributed by atoms with van der Waals surface area (Å²) < 4.78 is 10.3. The van der Waals surface area contributed by atoms with Gasteiger partial charge in [0.05, 0.1) is 20.3 Å². The van der Waals surface area contributed by atoms with Gasteiger partial charge in [-0.2, -0.15) is 0 Å². The number of anilines is 1. The molecular weight excluding hydrogens is 344 g/mol. The fourth-order valence-electron chi connectivity index (χ4n) is 3.17. The summed E-state index contributed by atoms with van der Waals surface area (Å²) in [6, 6.07) is 14.9. The Hall–Kier alpha value is -3.02. The lowest BCUT2D eigenvalue weighted by molar-refractivity contribution is -0.121. The lowest BCUT2D eigenvalue weighted by Gasteiger charge is -2.17. The molecule has 1 aliphatic rings. The van der Waals surface area contributed by atoms with Gasteiger partial charge in [0.1, 0.15) is 11.5 Å². The molecule has 6 heteroatoms. The van der Waals surface area contributed by atoms with Crippen molar-refractivity contribution < 1.29 is 19.1 Å². The highest BCUT2D eigenvalue weighted by Gasteiger charge is 2.31. The van der Waals surface area contributed by atoms with Gasteiger partial charge in [-0.05, 0) is 48.4 Å². The first kappa shape index (κ1) is 18.8. The number of aryl methyl sites for hydroxylation is 1. The van der Waals surface area contributed by atoms with Crippen molar-refractivity contribution in [3.63, 3.8) is 0 Å². The molecule has 6 nitrogen and oxygen atoms in total. The molecule has 142 valence electrons. The first-order chi connectivity index (χ1) is 13.1. The van der Waals surface area contributed by atoms with Gasteiger partial charge in [0.2, 0.25) is 11.8 Å². The second-order valence-corrected chi connectivity index (χ2v) is 6.52. The number of hydrogen-bond donors (Lipinski definition) is 1. The van der Waals surface area contributed by atoms with Crippen LogP contribution in [0.4, 0.5) is 5.69 Å². The molecule has 1 N–H and O–H groups in total. The minimum Gasteiger partial charge on any atom is -0.497 e. The predicted molar refractivity (Wildman–Crippen MR) is 103 cm³/mol. The Morgan fingerprint density at radius 2 is 1.63 bits per heavy atom. The Balaban J connectivity index is 1.50. The van der Waals surface area contributed by atoms with Gasteiger partial charge in [0.25, 0.3) is 0 Å². The minimum absolute atomic E-state index is 0.0145. The maximum absolute atomic E-state index is 12.3. The molecule has 1 heterocycles. The number of ether oxygens (including phenoxy) is 2. The molecule has 1 unspecified atom stereocenters. The van der Waals surface area contributed by atoms with Crippen molar-refractivity contribution >= 4 is 17.5 Å². The van der Waals surface area contributed by atoms with E-state index in [2.05, 4.69) is 5.32 Å². The van der Waals surface area contributed by atoms with Crippen LogP contribution < -0.4 is 19.7 Å². The van der Waals surface area contributed by atoms with Crippen molar-refractivity contribution in [3.05, 3.63) is 54.1 Å². The first-order valence-electron chi connectivity index (χ1n) is 8.96. The molecule has 0 aliphatic carbocycles. The van der Waals surface area contributed by atoms with E-state index in [0.29, 0.717) is 25.8 Å². The number of nitrogens with one attached hydrogen (secondary N) is 1. The quantitative estimate of drug-likeness (QED) is 0.816. The van der Waals surface area contributed by atoms with Crippen LogP contribution in [0.3, 0.4) is 0 Å². The van der Waals surface area contributed by atoms with Crippen LogP contribution in [-0.4, -0.2) is 38.6 Å². The largest absolute Gasteiger partial charge is 0.497 e. The summed E-state index contributed by atoms with van der Waals surface area (Å²) in [6.45, 7) is 0.486. The lowest BCUT2D eigenvalue weighted by atomic mass is 10.1. The second kappa shape index (κ2) is 8.58. The van der Waals surface area contributed by atoms with Crippen LogP contribution in [0.5, 0.6) is 11.5 Å². The average molecular weight is 368 g/mol. The minimum atomic E-state index is -0.164.